The van der Waals surface area contributed by atoms with Crippen LogP contribution < -0.4 is 15.8 Å². The summed E-state index contributed by atoms with van der Waals surface area (Å²) >= 11 is 0. The average Bonchev–Trinajstić information content (AvgIpc) is 2.38. The van der Waals surface area contributed by atoms with E-state index in [1.165, 1.54) is 12.1 Å². The third-order valence-electron chi connectivity index (χ3n) is 2.92. The minimum Gasteiger partial charge on any atom is -0.385 e. The summed E-state index contributed by atoms with van der Waals surface area (Å²) in [6.45, 7) is 5.85. The first-order valence-corrected chi connectivity index (χ1v) is 7.81. The van der Waals surface area contributed by atoms with Gasteiger partial charge in [-0.15, -0.1) is 0 Å². The minimum atomic E-state index is -3.64. The number of nitrogens with one attached hydrogen (secondary N) is 2. The van der Waals surface area contributed by atoms with Gasteiger partial charge in [-0.3, -0.25) is 4.79 Å². The number of carbonyl (C=O) groups is 1. The van der Waals surface area contributed by atoms with E-state index in [-0.39, 0.29) is 11.4 Å². The Hall–Kier alpha value is -1.60. The first-order valence-electron chi connectivity index (χ1n) is 6.32. The molecule has 0 saturated carbocycles. The van der Waals surface area contributed by atoms with Crippen molar-refractivity contribution in [3.63, 3.8) is 0 Å². The fourth-order valence-electron chi connectivity index (χ4n) is 1.40. The van der Waals surface area contributed by atoms with Crippen molar-refractivity contribution >= 4 is 21.6 Å². The molecule has 0 fully saturated rings. The molecule has 7 heteroatoms. The Morgan fingerprint density at radius 2 is 1.80 bits per heavy atom. The van der Waals surface area contributed by atoms with Crippen molar-refractivity contribution in [3.8, 4) is 0 Å². The molecule has 0 heterocycles. The second-order valence-corrected chi connectivity index (χ2v) is 6.89. The van der Waals surface area contributed by atoms with Crippen LogP contribution in [0.25, 0.3) is 0 Å². The number of nitrogens with two attached hydrogens (primary N) is 1. The van der Waals surface area contributed by atoms with Gasteiger partial charge in [0, 0.05) is 18.8 Å². The fourth-order valence-corrected chi connectivity index (χ4v) is 2.61. The van der Waals surface area contributed by atoms with E-state index in [2.05, 4.69) is 10.0 Å². The zero-order valence-electron chi connectivity index (χ0n) is 11.9. The highest BCUT2D eigenvalue weighted by atomic mass is 32.2. The van der Waals surface area contributed by atoms with Crippen LogP contribution in [0.3, 0.4) is 0 Å². The van der Waals surface area contributed by atoms with Crippen LogP contribution in [0.15, 0.2) is 29.2 Å². The Morgan fingerprint density at radius 1 is 1.25 bits per heavy atom. The number of benzene rings is 1. The van der Waals surface area contributed by atoms with Gasteiger partial charge in [0.2, 0.25) is 15.9 Å². The summed E-state index contributed by atoms with van der Waals surface area (Å²) in [5.74, 6) is -0.553. The monoisotopic (exact) mass is 299 g/mol. The molecule has 20 heavy (non-hydrogen) atoms. The van der Waals surface area contributed by atoms with Gasteiger partial charge in [0.1, 0.15) is 0 Å². The highest BCUT2D eigenvalue weighted by Crippen LogP contribution is 2.16. The molecule has 0 atom stereocenters. The first kappa shape index (κ1) is 16.5. The molecule has 0 saturated heterocycles. The number of rotatable bonds is 7. The third-order valence-corrected chi connectivity index (χ3v) is 4.33. The fraction of sp³-hybridized carbons (Fsp3) is 0.462. The lowest BCUT2D eigenvalue weighted by molar-refractivity contribution is -0.125. The van der Waals surface area contributed by atoms with Gasteiger partial charge in [0.25, 0.3) is 0 Å². The standard InChI is InChI=1S/C13H21N3O3S/c1-4-15-10-5-7-11(8-6-10)20(18,19)16-9-13(2,3)12(14)17/h5-8,15-16H,4,9H2,1-3H3,(H2,14,17). The Kier molecular flexibility index (Phi) is 5.13. The molecule has 0 bridgehead atoms. The van der Waals surface area contributed by atoms with E-state index in [0.717, 1.165) is 12.2 Å². The molecule has 0 radical (unpaired) electrons. The normalized spacial score (nSPS) is 12.2. The number of hydrogen-bond acceptors (Lipinski definition) is 4. The van der Waals surface area contributed by atoms with Gasteiger partial charge in [-0.05, 0) is 45.0 Å². The predicted molar refractivity (Wildman–Crippen MR) is 78.8 cm³/mol. The van der Waals surface area contributed by atoms with Crippen molar-refractivity contribution in [2.24, 2.45) is 11.1 Å². The number of sulfonamides is 1. The van der Waals surface area contributed by atoms with Crippen LogP contribution in [-0.4, -0.2) is 27.4 Å². The number of anilines is 1. The maximum Gasteiger partial charge on any atom is 0.240 e. The second-order valence-electron chi connectivity index (χ2n) is 5.13. The van der Waals surface area contributed by atoms with Crippen molar-refractivity contribution in [3.05, 3.63) is 24.3 Å². The summed E-state index contributed by atoms with van der Waals surface area (Å²) in [5.41, 5.74) is 5.13. The average molecular weight is 299 g/mol. The molecule has 1 amide bonds. The lowest BCUT2D eigenvalue weighted by atomic mass is 9.93. The molecular weight excluding hydrogens is 278 g/mol. The van der Waals surface area contributed by atoms with Gasteiger partial charge in [0.05, 0.1) is 10.3 Å². The van der Waals surface area contributed by atoms with E-state index in [1.807, 2.05) is 6.92 Å². The van der Waals surface area contributed by atoms with Gasteiger partial charge in [-0.2, -0.15) is 0 Å². The van der Waals surface area contributed by atoms with Gasteiger partial charge in [-0.1, -0.05) is 0 Å². The zero-order chi connectivity index (χ0) is 15.4. The summed E-state index contributed by atoms with van der Waals surface area (Å²) < 4.78 is 26.6. The van der Waals surface area contributed by atoms with Crippen LogP contribution in [-0.2, 0) is 14.8 Å². The third kappa shape index (κ3) is 4.21. The van der Waals surface area contributed by atoms with E-state index < -0.39 is 21.3 Å². The highest BCUT2D eigenvalue weighted by molar-refractivity contribution is 7.89. The SMILES string of the molecule is CCNc1ccc(S(=O)(=O)NCC(C)(C)C(N)=O)cc1. The van der Waals surface area contributed by atoms with Gasteiger partial charge < -0.3 is 11.1 Å². The molecular formula is C13H21N3O3S. The van der Waals surface area contributed by atoms with Crippen molar-refractivity contribution in [2.45, 2.75) is 25.7 Å². The number of primary amides is 1. The van der Waals surface area contributed by atoms with Crippen molar-refractivity contribution in [1.29, 1.82) is 0 Å². The van der Waals surface area contributed by atoms with Gasteiger partial charge in [0.15, 0.2) is 0 Å². The second kappa shape index (κ2) is 6.23. The van der Waals surface area contributed by atoms with Crippen LogP contribution in [0.5, 0.6) is 0 Å². The van der Waals surface area contributed by atoms with E-state index in [4.69, 9.17) is 5.73 Å². The molecule has 1 rings (SSSR count). The Bertz CT molecular complexity index is 565. The molecule has 0 aromatic heterocycles. The van der Waals surface area contributed by atoms with E-state index in [0.29, 0.717) is 0 Å². The molecule has 0 aliphatic rings. The molecule has 0 spiro atoms. The zero-order valence-corrected chi connectivity index (χ0v) is 12.8. The summed E-state index contributed by atoms with van der Waals surface area (Å²) in [6.07, 6.45) is 0. The van der Waals surface area contributed by atoms with E-state index in [9.17, 15) is 13.2 Å². The lowest BCUT2D eigenvalue weighted by Gasteiger charge is -2.20. The number of hydrogen-bond donors (Lipinski definition) is 3. The van der Waals surface area contributed by atoms with Crippen LogP contribution >= 0.6 is 0 Å². The predicted octanol–water partition coefficient (Wildman–Crippen LogP) is 0.908. The Labute approximate surface area is 119 Å². The van der Waals surface area contributed by atoms with Crippen LogP contribution in [0, 0.1) is 5.41 Å². The Morgan fingerprint density at radius 3 is 2.25 bits per heavy atom. The van der Waals surface area contributed by atoms with Crippen molar-refractivity contribution in [2.75, 3.05) is 18.4 Å². The summed E-state index contributed by atoms with van der Waals surface area (Å²) in [6, 6.07) is 6.41. The van der Waals surface area contributed by atoms with E-state index >= 15 is 0 Å². The summed E-state index contributed by atoms with van der Waals surface area (Å²) in [7, 11) is -3.64. The molecule has 0 aliphatic carbocycles. The molecule has 1 aromatic carbocycles. The molecule has 0 unspecified atom stereocenters. The molecule has 0 aliphatic heterocycles. The maximum absolute atomic E-state index is 12.1. The minimum absolute atomic E-state index is 0.0420. The number of carbonyl (C=O) groups excluding carboxylic acids is 1. The highest BCUT2D eigenvalue weighted by Gasteiger charge is 2.27. The molecule has 4 N–H and O–H groups in total. The van der Waals surface area contributed by atoms with Crippen LogP contribution in [0.4, 0.5) is 5.69 Å². The summed E-state index contributed by atoms with van der Waals surface area (Å²) in [4.78, 5) is 11.3. The summed E-state index contributed by atoms with van der Waals surface area (Å²) in [5, 5.41) is 3.08. The largest absolute Gasteiger partial charge is 0.385 e. The van der Waals surface area contributed by atoms with Gasteiger partial charge >= 0.3 is 0 Å². The quantitative estimate of drug-likeness (QED) is 0.696. The topological polar surface area (TPSA) is 101 Å². The van der Waals surface area contributed by atoms with Gasteiger partial charge in [-0.25, -0.2) is 13.1 Å². The van der Waals surface area contributed by atoms with Crippen LogP contribution in [0.1, 0.15) is 20.8 Å². The smallest absolute Gasteiger partial charge is 0.240 e. The first-order chi connectivity index (χ1) is 9.19. The van der Waals surface area contributed by atoms with Crippen LogP contribution in [0.2, 0.25) is 0 Å². The molecule has 112 valence electrons. The van der Waals surface area contributed by atoms with E-state index in [1.54, 1.807) is 26.0 Å². The van der Waals surface area contributed by atoms with Crippen molar-refractivity contribution < 1.29 is 13.2 Å². The maximum atomic E-state index is 12.1. The molecule has 1 aromatic rings. The molecule has 6 nitrogen and oxygen atoms in total. The Balaban J connectivity index is 2.81. The van der Waals surface area contributed by atoms with Crippen molar-refractivity contribution in [1.82, 2.24) is 4.72 Å². The lowest BCUT2D eigenvalue weighted by Crippen LogP contribution is -2.42. The number of amides is 1.